The number of aromatic nitrogens is 3. The SMILES string of the molecule is CCCC(C)N(C)C(=O)c1nc(C)n(-c2ccccc2C(C)C)n1. The molecule has 1 unspecified atom stereocenters. The molecule has 130 valence electrons. The van der Waals surface area contributed by atoms with Crippen molar-refractivity contribution >= 4 is 5.91 Å². The molecule has 0 fully saturated rings. The summed E-state index contributed by atoms with van der Waals surface area (Å²) >= 11 is 0. The molecule has 2 rings (SSSR count). The molecule has 0 saturated carbocycles. The molecule has 0 spiro atoms. The number of para-hydroxylation sites is 1. The van der Waals surface area contributed by atoms with Crippen molar-refractivity contribution in [2.24, 2.45) is 0 Å². The van der Waals surface area contributed by atoms with Crippen LogP contribution in [0.4, 0.5) is 0 Å². The molecule has 0 N–H and O–H groups in total. The monoisotopic (exact) mass is 328 g/mol. The molecule has 0 aliphatic heterocycles. The molecule has 5 heteroatoms. The topological polar surface area (TPSA) is 51.0 Å². The van der Waals surface area contributed by atoms with Gasteiger partial charge in [-0.1, -0.05) is 45.4 Å². The molecule has 5 nitrogen and oxygen atoms in total. The third kappa shape index (κ3) is 3.66. The van der Waals surface area contributed by atoms with Crippen LogP contribution in [0.1, 0.15) is 68.5 Å². The van der Waals surface area contributed by atoms with Crippen LogP contribution in [-0.4, -0.2) is 38.7 Å². The highest BCUT2D eigenvalue weighted by Gasteiger charge is 2.23. The third-order valence-corrected chi connectivity index (χ3v) is 4.44. The van der Waals surface area contributed by atoms with Gasteiger partial charge in [-0.05, 0) is 37.8 Å². The van der Waals surface area contributed by atoms with Crippen molar-refractivity contribution in [3.8, 4) is 5.69 Å². The highest BCUT2D eigenvalue weighted by atomic mass is 16.2. The van der Waals surface area contributed by atoms with Gasteiger partial charge in [-0.25, -0.2) is 9.67 Å². The largest absolute Gasteiger partial charge is 0.336 e. The smallest absolute Gasteiger partial charge is 0.293 e. The Hall–Kier alpha value is -2.17. The van der Waals surface area contributed by atoms with E-state index in [-0.39, 0.29) is 17.8 Å². The van der Waals surface area contributed by atoms with Crippen LogP contribution in [0.2, 0.25) is 0 Å². The summed E-state index contributed by atoms with van der Waals surface area (Å²) in [5.74, 6) is 1.23. The number of hydrogen-bond acceptors (Lipinski definition) is 3. The Kier molecular flexibility index (Phi) is 5.75. The first kappa shape index (κ1) is 18.2. The van der Waals surface area contributed by atoms with Crippen LogP contribution in [0, 0.1) is 6.92 Å². The van der Waals surface area contributed by atoms with E-state index in [1.54, 1.807) is 9.58 Å². The van der Waals surface area contributed by atoms with Crippen molar-refractivity contribution < 1.29 is 4.79 Å². The van der Waals surface area contributed by atoms with Gasteiger partial charge in [0.1, 0.15) is 5.82 Å². The first-order valence-corrected chi connectivity index (χ1v) is 8.66. The van der Waals surface area contributed by atoms with E-state index in [4.69, 9.17) is 0 Å². The lowest BCUT2D eigenvalue weighted by Crippen LogP contribution is -2.35. The maximum Gasteiger partial charge on any atom is 0.293 e. The van der Waals surface area contributed by atoms with Crippen molar-refractivity contribution in [3.05, 3.63) is 41.5 Å². The summed E-state index contributed by atoms with van der Waals surface area (Å²) in [6.07, 6.45) is 2.01. The van der Waals surface area contributed by atoms with Crippen LogP contribution in [0.5, 0.6) is 0 Å². The maximum absolute atomic E-state index is 12.7. The molecule has 0 radical (unpaired) electrons. The predicted molar refractivity (Wildman–Crippen MR) is 96.6 cm³/mol. The summed E-state index contributed by atoms with van der Waals surface area (Å²) in [6.45, 7) is 10.4. The standard InChI is InChI=1S/C19H28N4O/c1-7-10-14(4)22(6)19(24)18-20-15(5)23(21-18)17-12-9-8-11-16(17)13(2)3/h8-9,11-14H,7,10H2,1-6H3. The van der Waals surface area contributed by atoms with Crippen molar-refractivity contribution in [1.82, 2.24) is 19.7 Å². The summed E-state index contributed by atoms with van der Waals surface area (Å²) in [7, 11) is 1.82. The fourth-order valence-electron chi connectivity index (χ4n) is 2.85. The Balaban J connectivity index is 2.36. The van der Waals surface area contributed by atoms with Gasteiger partial charge in [0.05, 0.1) is 5.69 Å². The lowest BCUT2D eigenvalue weighted by Gasteiger charge is -2.23. The molecule has 1 aromatic heterocycles. The number of amides is 1. The van der Waals surface area contributed by atoms with Crippen LogP contribution < -0.4 is 0 Å². The van der Waals surface area contributed by atoms with Gasteiger partial charge in [0, 0.05) is 13.1 Å². The molecule has 1 amide bonds. The van der Waals surface area contributed by atoms with E-state index in [0.717, 1.165) is 24.4 Å². The van der Waals surface area contributed by atoms with Crippen LogP contribution >= 0.6 is 0 Å². The molecule has 2 aromatic rings. The second-order valence-corrected chi connectivity index (χ2v) is 6.66. The Morgan fingerprint density at radius 3 is 2.54 bits per heavy atom. The minimum Gasteiger partial charge on any atom is -0.336 e. The van der Waals surface area contributed by atoms with Crippen LogP contribution in [0.25, 0.3) is 5.69 Å². The predicted octanol–water partition coefficient (Wildman–Crippen LogP) is 3.96. The van der Waals surface area contributed by atoms with E-state index < -0.39 is 0 Å². The van der Waals surface area contributed by atoms with Gasteiger partial charge in [0.2, 0.25) is 5.82 Å². The molecule has 24 heavy (non-hydrogen) atoms. The number of aryl methyl sites for hydroxylation is 1. The van der Waals surface area contributed by atoms with Gasteiger partial charge < -0.3 is 4.90 Å². The molecule has 1 atom stereocenters. The fourth-order valence-corrected chi connectivity index (χ4v) is 2.85. The zero-order chi connectivity index (χ0) is 17.9. The van der Waals surface area contributed by atoms with Crippen molar-refractivity contribution in [2.75, 3.05) is 7.05 Å². The van der Waals surface area contributed by atoms with E-state index in [1.807, 2.05) is 32.2 Å². The Morgan fingerprint density at radius 1 is 1.25 bits per heavy atom. The lowest BCUT2D eigenvalue weighted by atomic mass is 10.0. The zero-order valence-corrected chi connectivity index (χ0v) is 15.6. The van der Waals surface area contributed by atoms with E-state index in [0.29, 0.717) is 5.92 Å². The summed E-state index contributed by atoms with van der Waals surface area (Å²) in [5, 5.41) is 4.50. The average Bonchev–Trinajstić information content (AvgIpc) is 2.95. The summed E-state index contributed by atoms with van der Waals surface area (Å²) in [6, 6.07) is 8.31. The van der Waals surface area contributed by atoms with Gasteiger partial charge in [0.15, 0.2) is 0 Å². The second kappa shape index (κ2) is 7.60. The van der Waals surface area contributed by atoms with Gasteiger partial charge >= 0.3 is 0 Å². The molecular weight excluding hydrogens is 300 g/mol. The van der Waals surface area contributed by atoms with E-state index >= 15 is 0 Å². The van der Waals surface area contributed by atoms with E-state index in [1.165, 1.54) is 5.56 Å². The Morgan fingerprint density at radius 2 is 1.92 bits per heavy atom. The van der Waals surface area contributed by atoms with Crippen molar-refractivity contribution in [3.63, 3.8) is 0 Å². The van der Waals surface area contributed by atoms with E-state index in [2.05, 4.69) is 43.8 Å². The molecule has 0 bridgehead atoms. The van der Waals surface area contributed by atoms with Gasteiger partial charge in [-0.3, -0.25) is 4.79 Å². The normalized spacial score (nSPS) is 12.5. The first-order valence-electron chi connectivity index (χ1n) is 8.66. The van der Waals surface area contributed by atoms with Crippen molar-refractivity contribution in [1.29, 1.82) is 0 Å². The first-order chi connectivity index (χ1) is 11.4. The number of hydrogen-bond donors (Lipinski definition) is 0. The van der Waals surface area contributed by atoms with Crippen molar-refractivity contribution in [2.45, 2.75) is 59.4 Å². The minimum absolute atomic E-state index is 0.125. The molecule has 0 aliphatic rings. The van der Waals surface area contributed by atoms with Crippen LogP contribution in [0.15, 0.2) is 24.3 Å². The second-order valence-electron chi connectivity index (χ2n) is 6.66. The number of benzene rings is 1. The number of rotatable bonds is 6. The average molecular weight is 328 g/mol. The molecule has 0 aliphatic carbocycles. The summed E-state index contributed by atoms with van der Waals surface area (Å²) < 4.78 is 1.78. The lowest BCUT2D eigenvalue weighted by molar-refractivity contribution is 0.0724. The summed E-state index contributed by atoms with van der Waals surface area (Å²) in [5.41, 5.74) is 2.18. The highest BCUT2D eigenvalue weighted by Crippen LogP contribution is 2.23. The maximum atomic E-state index is 12.7. The van der Waals surface area contributed by atoms with E-state index in [9.17, 15) is 4.79 Å². The van der Waals surface area contributed by atoms with Crippen LogP contribution in [-0.2, 0) is 0 Å². The van der Waals surface area contributed by atoms with Crippen LogP contribution in [0.3, 0.4) is 0 Å². The Labute approximate surface area is 144 Å². The third-order valence-electron chi connectivity index (χ3n) is 4.44. The van der Waals surface area contributed by atoms with Gasteiger partial charge in [-0.15, -0.1) is 5.10 Å². The molecule has 0 saturated heterocycles. The molecular formula is C19H28N4O. The van der Waals surface area contributed by atoms with Gasteiger partial charge in [0.25, 0.3) is 5.91 Å². The fraction of sp³-hybridized carbons (Fsp3) is 0.526. The number of carbonyl (C=O) groups excluding carboxylic acids is 1. The zero-order valence-electron chi connectivity index (χ0n) is 15.6. The van der Waals surface area contributed by atoms with Gasteiger partial charge in [-0.2, -0.15) is 0 Å². The number of nitrogens with zero attached hydrogens (tertiary/aromatic N) is 4. The molecule has 1 heterocycles. The minimum atomic E-state index is -0.125. The number of carbonyl (C=O) groups is 1. The highest BCUT2D eigenvalue weighted by molar-refractivity contribution is 5.90. The quantitative estimate of drug-likeness (QED) is 0.806. The summed E-state index contributed by atoms with van der Waals surface area (Å²) in [4.78, 5) is 18.8. The Bertz CT molecular complexity index is 705. The molecule has 1 aromatic carbocycles.